The Labute approximate surface area is 122 Å². The van der Waals surface area contributed by atoms with Crippen LogP contribution in [0.2, 0.25) is 0 Å². The average molecular weight is 292 g/mol. The number of halogens is 1. The van der Waals surface area contributed by atoms with Gasteiger partial charge in [-0.1, -0.05) is 11.8 Å². The molecule has 0 saturated carbocycles. The molecular formula is C15H17FN2O3. The topological polar surface area (TPSA) is 78.4 Å². The molecule has 0 aliphatic heterocycles. The molecule has 0 spiro atoms. The summed E-state index contributed by atoms with van der Waals surface area (Å²) in [6, 6.07) is 3.75. The molecule has 0 aromatic heterocycles. The van der Waals surface area contributed by atoms with E-state index in [9.17, 15) is 14.0 Å². The molecule has 0 aliphatic rings. The quantitative estimate of drug-likeness (QED) is 0.544. The molecule has 2 amide bonds. The van der Waals surface area contributed by atoms with Gasteiger partial charge in [0.05, 0.1) is 12.2 Å². The van der Waals surface area contributed by atoms with Gasteiger partial charge in [-0.3, -0.25) is 9.59 Å². The molecule has 0 bridgehead atoms. The summed E-state index contributed by atoms with van der Waals surface area (Å²) in [5.41, 5.74) is 0.519. The lowest BCUT2D eigenvalue weighted by Gasteiger charge is -2.07. The van der Waals surface area contributed by atoms with Gasteiger partial charge in [0.25, 0.3) is 5.91 Å². The highest BCUT2D eigenvalue weighted by Crippen LogP contribution is 2.10. The van der Waals surface area contributed by atoms with Crippen LogP contribution in [0.5, 0.6) is 0 Å². The Morgan fingerprint density at radius 1 is 1.29 bits per heavy atom. The van der Waals surface area contributed by atoms with Crippen LogP contribution in [0.4, 0.5) is 4.39 Å². The first-order valence-corrected chi connectivity index (χ1v) is 6.46. The lowest BCUT2D eigenvalue weighted by Crippen LogP contribution is -2.34. The van der Waals surface area contributed by atoms with Gasteiger partial charge in [-0.2, -0.15) is 0 Å². The van der Waals surface area contributed by atoms with Crippen molar-refractivity contribution in [3.63, 3.8) is 0 Å². The van der Waals surface area contributed by atoms with Gasteiger partial charge in [0.2, 0.25) is 5.91 Å². The van der Waals surface area contributed by atoms with Crippen LogP contribution in [0.1, 0.15) is 29.3 Å². The average Bonchev–Trinajstić information content (AvgIpc) is 2.45. The molecule has 1 aromatic rings. The summed E-state index contributed by atoms with van der Waals surface area (Å²) in [7, 11) is 0. The van der Waals surface area contributed by atoms with Gasteiger partial charge in [0, 0.05) is 32.0 Å². The standard InChI is InChI=1S/C15H17FN2O3/c1-11(20)17-7-8-18-15(21)14-10-13(16)6-5-12(14)4-2-3-9-19/h5-6,10,19H,3,7-9H2,1H3,(H,17,20)(H,18,21). The lowest BCUT2D eigenvalue weighted by molar-refractivity contribution is -0.118. The minimum Gasteiger partial charge on any atom is -0.395 e. The molecule has 6 heteroatoms. The van der Waals surface area contributed by atoms with Gasteiger partial charge in [-0.15, -0.1) is 0 Å². The van der Waals surface area contributed by atoms with Crippen molar-refractivity contribution in [3.8, 4) is 11.8 Å². The van der Waals surface area contributed by atoms with Crippen molar-refractivity contribution >= 4 is 11.8 Å². The SMILES string of the molecule is CC(=O)NCCNC(=O)c1cc(F)ccc1C#CCCO. The number of amides is 2. The zero-order chi connectivity index (χ0) is 15.7. The van der Waals surface area contributed by atoms with E-state index in [1.54, 1.807) is 0 Å². The van der Waals surface area contributed by atoms with E-state index in [1.165, 1.54) is 19.1 Å². The number of hydrogen-bond donors (Lipinski definition) is 3. The van der Waals surface area contributed by atoms with E-state index >= 15 is 0 Å². The third-order valence-electron chi connectivity index (χ3n) is 2.47. The van der Waals surface area contributed by atoms with Crippen LogP contribution in [0.15, 0.2) is 18.2 Å². The zero-order valence-electron chi connectivity index (χ0n) is 11.7. The maximum absolute atomic E-state index is 13.3. The number of rotatable bonds is 5. The molecule has 0 radical (unpaired) electrons. The fourth-order valence-corrected chi connectivity index (χ4v) is 1.54. The van der Waals surface area contributed by atoms with Crippen LogP contribution in [0.25, 0.3) is 0 Å². The predicted octanol–water partition coefficient (Wildman–Crippen LogP) is 0.425. The lowest BCUT2D eigenvalue weighted by atomic mass is 10.1. The number of benzene rings is 1. The summed E-state index contributed by atoms with van der Waals surface area (Å²) in [4.78, 5) is 22.7. The Balaban J connectivity index is 2.75. The van der Waals surface area contributed by atoms with Crippen molar-refractivity contribution in [2.45, 2.75) is 13.3 Å². The van der Waals surface area contributed by atoms with Crippen molar-refractivity contribution < 1.29 is 19.1 Å². The van der Waals surface area contributed by atoms with Crippen LogP contribution in [0, 0.1) is 17.7 Å². The number of carbonyl (C=O) groups is 2. The van der Waals surface area contributed by atoms with Crippen LogP contribution >= 0.6 is 0 Å². The first kappa shape index (κ1) is 16.7. The molecule has 0 fully saturated rings. The van der Waals surface area contributed by atoms with Gasteiger partial charge < -0.3 is 15.7 Å². The highest BCUT2D eigenvalue weighted by molar-refractivity contribution is 5.96. The van der Waals surface area contributed by atoms with Crippen molar-refractivity contribution in [3.05, 3.63) is 35.1 Å². The molecule has 0 atom stereocenters. The Kier molecular flexibility index (Phi) is 6.92. The highest BCUT2D eigenvalue weighted by atomic mass is 19.1. The summed E-state index contributed by atoms with van der Waals surface area (Å²) >= 11 is 0. The second-order valence-corrected chi connectivity index (χ2v) is 4.20. The first-order valence-electron chi connectivity index (χ1n) is 6.46. The second kappa shape index (κ2) is 8.72. The maximum Gasteiger partial charge on any atom is 0.252 e. The van der Waals surface area contributed by atoms with Crippen molar-refractivity contribution in [1.29, 1.82) is 0 Å². The number of aliphatic hydroxyl groups excluding tert-OH is 1. The summed E-state index contributed by atoms with van der Waals surface area (Å²) in [5, 5.41) is 13.8. The molecule has 0 heterocycles. The van der Waals surface area contributed by atoms with Crippen LogP contribution < -0.4 is 10.6 Å². The summed E-state index contributed by atoms with van der Waals surface area (Å²) in [6.07, 6.45) is 0.279. The number of carbonyl (C=O) groups excluding carboxylic acids is 2. The minimum atomic E-state index is -0.533. The second-order valence-electron chi connectivity index (χ2n) is 4.20. The van der Waals surface area contributed by atoms with Crippen LogP contribution in [-0.2, 0) is 4.79 Å². The Morgan fingerprint density at radius 3 is 2.67 bits per heavy atom. The molecule has 0 saturated heterocycles. The maximum atomic E-state index is 13.3. The normalized spacial score (nSPS) is 9.48. The van der Waals surface area contributed by atoms with E-state index in [1.807, 2.05) is 0 Å². The van der Waals surface area contributed by atoms with Gasteiger partial charge in [-0.05, 0) is 18.2 Å². The summed E-state index contributed by atoms with van der Waals surface area (Å²) < 4.78 is 13.3. The predicted molar refractivity (Wildman–Crippen MR) is 76.0 cm³/mol. The van der Waals surface area contributed by atoms with Gasteiger partial charge in [0.1, 0.15) is 5.82 Å². The minimum absolute atomic E-state index is 0.0769. The molecule has 1 aromatic carbocycles. The third kappa shape index (κ3) is 6.06. The number of nitrogens with one attached hydrogen (secondary N) is 2. The zero-order valence-corrected chi connectivity index (χ0v) is 11.7. The molecule has 3 N–H and O–H groups in total. The van der Waals surface area contributed by atoms with Gasteiger partial charge in [-0.25, -0.2) is 4.39 Å². The van der Waals surface area contributed by atoms with E-state index in [0.717, 1.165) is 6.07 Å². The smallest absolute Gasteiger partial charge is 0.252 e. The van der Waals surface area contributed by atoms with E-state index < -0.39 is 11.7 Å². The van der Waals surface area contributed by atoms with Crippen LogP contribution in [0.3, 0.4) is 0 Å². The van der Waals surface area contributed by atoms with Gasteiger partial charge >= 0.3 is 0 Å². The molecule has 21 heavy (non-hydrogen) atoms. The van der Waals surface area contributed by atoms with E-state index in [-0.39, 0.29) is 31.0 Å². The van der Waals surface area contributed by atoms with Crippen LogP contribution in [-0.4, -0.2) is 36.6 Å². The fourth-order valence-electron chi connectivity index (χ4n) is 1.54. The van der Waals surface area contributed by atoms with E-state index in [4.69, 9.17) is 5.11 Å². The van der Waals surface area contributed by atoms with Gasteiger partial charge in [0.15, 0.2) is 0 Å². The Hall–Kier alpha value is -2.39. The van der Waals surface area contributed by atoms with Crippen molar-refractivity contribution in [2.24, 2.45) is 0 Å². The molecule has 5 nitrogen and oxygen atoms in total. The molecule has 0 aliphatic carbocycles. The Morgan fingerprint density at radius 2 is 2.00 bits per heavy atom. The molecule has 1 rings (SSSR count). The number of hydrogen-bond acceptors (Lipinski definition) is 3. The Bertz CT molecular complexity index is 576. The monoisotopic (exact) mass is 292 g/mol. The fraction of sp³-hybridized carbons (Fsp3) is 0.333. The third-order valence-corrected chi connectivity index (χ3v) is 2.47. The first-order chi connectivity index (χ1) is 10.0. The molecule has 112 valence electrons. The number of aliphatic hydroxyl groups is 1. The largest absolute Gasteiger partial charge is 0.395 e. The summed E-state index contributed by atoms with van der Waals surface area (Å²) in [5.74, 6) is 4.23. The van der Waals surface area contributed by atoms with E-state index in [0.29, 0.717) is 12.1 Å². The van der Waals surface area contributed by atoms with Crippen molar-refractivity contribution in [1.82, 2.24) is 10.6 Å². The van der Waals surface area contributed by atoms with Crippen molar-refractivity contribution in [2.75, 3.05) is 19.7 Å². The van der Waals surface area contributed by atoms with E-state index in [2.05, 4.69) is 22.5 Å². The summed E-state index contributed by atoms with van der Waals surface area (Å²) in [6.45, 7) is 1.83. The molecular weight excluding hydrogens is 275 g/mol. The molecule has 0 unspecified atom stereocenters. The highest BCUT2D eigenvalue weighted by Gasteiger charge is 2.11.